The van der Waals surface area contributed by atoms with Gasteiger partial charge in [0, 0.05) is 24.0 Å². The predicted molar refractivity (Wildman–Crippen MR) is 117 cm³/mol. The van der Waals surface area contributed by atoms with Crippen LogP contribution in [-0.4, -0.2) is 36.7 Å². The Bertz CT molecular complexity index is 1150. The minimum Gasteiger partial charge on any atom is -0.298 e. The van der Waals surface area contributed by atoms with Crippen molar-refractivity contribution in [2.24, 2.45) is 0 Å². The molecule has 1 heterocycles. The van der Waals surface area contributed by atoms with E-state index in [1.54, 1.807) is 19.2 Å². The third kappa shape index (κ3) is 4.58. The molecule has 30 heavy (non-hydrogen) atoms. The summed E-state index contributed by atoms with van der Waals surface area (Å²) >= 11 is 1.21. The molecule has 6 nitrogen and oxygen atoms in total. The van der Waals surface area contributed by atoms with Gasteiger partial charge in [-0.3, -0.25) is 10.1 Å². The Kier molecular flexibility index (Phi) is 6.64. The number of anilines is 1. The topological polar surface area (TPSA) is 79.4 Å². The second-order valence-electron chi connectivity index (χ2n) is 6.59. The number of nitrogens with zero attached hydrogens (tertiary/aromatic N) is 2. The fourth-order valence-corrected chi connectivity index (χ4v) is 5.10. The fourth-order valence-electron chi connectivity index (χ4n) is 2.90. The number of aromatic nitrogens is 1. The molecule has 0 saturated heterocycles. The number of amides is 1. The van der Waals surface area contributed by atoms with Crippen molar-refractivity contribution in [2.75, 3.05) is 18.4 Å². The fraction of sp³-hybridized carbons (Fsp3) is 0.238. The van der Waals surface area contributed by atoms with E-state index in [-0.39, 0.29) is 23.5 Å². The van der Waals surface area contributed by atoms with Gasteiger partial charge in [0.1, 0.15) is 5.82 Å². The first-order chi connectivity index (χ1) is 14.3. The van der Waals surface area contributed by atoms with Crippen LogP contribution in [0.4, 0.5) is 9.52 Å². The van der Waals surface area contributed by atoms with Crippen LogP contribution in [0.2, 0.25) is 0 Å². The highest BCUT2D eigenvalue weighted by Crippen LogP contribution is 2.26. The normalized spacial score (nSPS) is 11.6. The second kappa shape index (κ2) is 9.03. The molecule has 0 spiro atoms. The molecule has 0 aliphatic rings. The van der Waals surface area contributed by atoms with E-state index in [2.05, 4.69) is 10.3 Å². The summed E-state index contributed by atoms with van der Waals surface area (Å²) in [4.78, 5) is 16.9. The van der Waals surface area contributed by atoms with Crippen molar-refractivity contribution in [3.63, 3.8) is 0 Å². The largest absolute Gasteiger partial charge is 0.298 e. The molecule has 1 N–H and O–H groups in total. The van der Waals surface area contributed by atoms with E-state index in [4.69, 9.17) is 0 Å². The molecule has 0 saturated carbocycles. The summed E-state index contributed by atoms with van der Waals surface area (Å²) < 4.78 is 40.9. The maximum atomic E-state index is 14.3. The summed E-state index contributed by atoms with van der Waals surface area (Å²) in [6, 6.07) is 11.0. The summed E-state index contributed by atoms with van der Waals surface area (Å²) in [6.45, 7) is 5.97. The number of thiazole rings is 1. The van der Waals surface area contributed by atoms with Gasteiger partial charge in [0.15, 0.2) is 5.13 Å². The Hall–Kier alpha value is -2.62. The van der Waals surface area contributed by atoms with Crippen LogP contribution >= 0.6 is 11.3 Å². The van der Waals surface area contributed by atoms with Gasteiger partial charge in [-0.1, -0.05) is 43.7 Å². The zero-order valence-electron chi connectivity index (χ0n) is 16.8. The lowest BCUT2D eigenvalue weighted by molar-refractivity contribution is 0.102. The minimum absolute atomic E-state index is 0.128. The lowest BCUT2D eigenvalue weighted by Crippen LogP contribution is -2.31. The van der Waals surface area contributed by atoms with Gasteiger partial charge >= 0.3 is 0 Å². The van der Waals surface area contributed by atoms with Crippen LogP contribution < -0.4 is 5.32 Å². The molecule has 3 aromatic rings. The van der Waals surface area contributed by atoms with Gasteiger partial charge in [0.05, 0.1) is 16.2 Å². The molecule has 0 atom stereocenters. The van der Waals surface area contributed by atoms with Crippen LogP contribution in [0.25, 0.3) is 11.3 Å². The van der Waals surface area contributed by atoms with Crippen LogP contribution in [0.1, 0.15) is 29.8 Å². The third-order valence-electron chi connectivity index (χ3n) is 4.60. The first-order valence-electron chi connectivity index (χ1n) is 9.39. The Labute approximate surface area is 179 Å². The average molecular weight is 448 g/mol. The maximum absolute atomic E-state index is 14.3. The van der Waals surface area contributed by atoms with E-state index in [0.717, 1.165) is 23.3 Å². The molecule has 1 aromatic heterocycles. The average Bonchev–Trinajstić information content (AvgIpc) is 3.17. The number of hydrogen-bond donors (Lipinski definition) is 1. The zero-order valence-corrected chi connectivity index (χ0v) is 18.5. The Morgan fingerprint density at radius 3 is 2.43 bits per heavy atom. The maximum Gasteiger partial charge on any atom is 0.260 e. The second-order valence-corrected chi connectivity index (χ2v) is 9.39. The number of halogens is 1. The van der Waals surface area contributed by atoms with Crippen LogP contribution in [-0.2, 0) is 10.0 Å². The summed E-state index contributed by atoms with van der Waals surface area (Å²) in [7, 11) is -3.81. The van der Waals surface area contributed by atoms with Crippen LogP contribution in [0.15, 0.2) is 52.7 Å². The quantitative estimate of drug-likeness (QED) is 0.577. The van der Waals surface area contributed by atoms with Gasteiger partial charge in [-0.25, -0.2) is 17.8 Å². The van der Waals surface area contributed by atoms with Gasteiger partial charge in [-0.05, 0) is 25.1 Å². The molecule has 3 rings (SSSR count). The molecule has 9 heteroatoms. The van der Waals surface area contributed by atoms with E-state index >= 15 is 0 Å². The molecule has 0 aliphatic carbocycles. The molecule has 0 fully saturated rings. The lowest BCUT2D eigenvalue weighted by atomic mass is 10.1. The smallest absolute Gasteiger partial charge is 0.260 e. The van der Waals surface area contributed by atoms with Gasteiger partial charge in [-0.15, -0.1) is 11.3 Å². The van der Waals surface area contributed by atoms with Crippen molar-refractivity contribution in [1.29, 1.82) is 0 Å². The minimum atomic E-state index is -3.81. The molecular weight excluding hydrogens is 425 g/mol. The first-order valence-corrected chi connectivity index (χ1v) is 11.7. The van der Waals surface area contributed by atoms with Crippen LogP contribution in [0, 0.1) is 12.7 Å². The summed E-state index contributed by atoms with van der Waals surface area (Å²) in [5.74, 6) is -1.56. The van der Waals surface area contributed by atoms with Crippen molar-refractivity contribution in [3.8, 4) is 11.3 Å². The molecule has 0 radical (unpaired) electrons. The number of hydrogen-bond acceptors (Lipinski definition) is 5. The van der Waals surface area contributed by atoms with E-state index < -0.39 is 21.7 Å². The standard InChI is InChI=1S/C21H22FN3O3S2/c1-4-25(5-2)30(27,28)16-10-11-18(22)17(12-16)20(26)24-21-23-19(13-29-21)15-8-6-14(3)7-9-15/h6-13H,4-5H2,1-3H3,(H,23,24,26). The highest BCUT2D eigenvalue weighted by molar-refractivity contribution is 7.89. The summed E-state index contributed by atoms with van der Waals surface area (Å²) in [5, 5.41) is 4.64. The van der Waals surface area contributed by atoms with Crippen molar-refractivity contribution in [1.82, 2.24) is 9.29 Å². The zero-order chi connectivity index (χ0) is 21.9. The number of sulfonamides is 1. The summed E-state index contributed by atoms with van der Waals surface area (Å²) in [5.41, 5.74) is 2.36. The number of carbonyl (C=O) groups excluding carboxylic acids is 1. The molecule has 158 valence electrons. The van der Waals surface area contributed by atoms with E-state index in [1.807, 2.05) is 31.2 Å². The number of carbonyl (C=O) groups is 1. The lowest BCUT2D eigenvalue weighted by Gasteiger charge is -2.18. The summed E-state index contributed by atoms with van der Waals surface area (Å²) in [6.07, 6.45) is 0. The molecular formula is C21H22FN3O3S2. The predicted octanol–water partition coefficient (Wildman–Crippen LogP) is 4.54. The van der Waals surface area contributed by atoms with Crippen molar-refractivity contribution in [3.05, 3.63) is 64.8 Å². The first kappa shape index (κ1) is 22.1. The Morgan fingerprint density at radius 2 is 1.80 bits per heavy atom. The van der Waals surface area contributed by atoms with Gasteiger partial charge in [-0.2, -0.15) is 4.31 Å². The number of rotatable bonds is 7. The van der Waals surface area contributed by atoms with Crippen molar-refractivity contribution >= 4 is 32.4 Å². The molecule has 0 aliphatic heterocycles. The molecule has 0 bridgehead atoms. The van der Waals surface area contributed by atoms with Crippen molar-refractivity contribution in [2.45, 2.75) is 25.7 Å². The van der Waals surface area contributed by atoms with Crippen LogP contribution in [0.3, 0.4) is 0 Å². The number of nitrogens with one attached hydrogen (secondary N) is 1. The van der Waals surface area contributed by atoms with E-state index in [0.29, 0.717) is 10.8 Å². The third-order valence-corrected chi connectivity index (χ3v) is 7.40. The monoisotopic (exact) mass is 447 g/mol. The van der Waals surface area contributed by atoms with Gasteiger partial charge < -0.3 is 0 Å². The van der Waals surface area contributed by atoms with E-state index in [9.17, 15) is 17.6 Å². The van der Waals surface area contributed by atoms with E-state index in [1.165, 1.54) is 21.7 Å². The van der Waals surface area contributed by atoms with Gasteiger partial charge in [0.2, 0.25) is 10.0 Å². The van der Waals surface area contributed by atoms with Crippen LogP contribution in [0.5, 0.6) is 0 Å². The molecule has 1 amide bonds. The highest BCUT2D eigenvalue weighted by atomic mass is 32.2. The van der Waals surface area contributed by atoms with Crippen molar-refractivity contribution < 1.29 is 17.6 Å². The SMILES string of the molecule is CCN(CC)S(=O)(=O)c1ccc(F)c(C(=O)Nc2nc(-c3ccc(C)cc3)cs2)c1. The highest BCUT2D eigenvalue weighted by Gasteiger charge is 2.24. The molecule has 2 aromatic carbocycles. The number of benzene rings is 2. The van der Waals surface area contributed by atoms with Gasteiger partial charge in [0.25, 0.3) is 5.91 Å². The number of aryl methyl sites for hydroxylation is 1. The Morgan fingerprint density at radius 1 is 1.13 bits per heavy atom. The Balaban J connectivity index is 1.85. The molecule has 0 unspecified atom stereocenters.